The molecule has 0 aliphatic rings. The Morgan fingerprint density at radius 1 is 1.10 bits per heavy atom. The number of thiazole rings is 1. The van der Waals surface area contributed by atoms with E-state index in [1.54, 1.807) is 23.7 Å². The van der Waals surface area contributed by atoms with Crippen molar-refractivity contribution in [3.63, 3.8) is 0 Å². The Balaban J connectivity index is 1.58. The van der Waals surface area contributed by atoms with Crippen LogP contribution in [0.3, 0.4) is 0 Å². The van der Waals surface area contributed by atoms with Gasteiger partial charge < -0.3 is 29.6 Å². The SMILES string of the molecule is Cc1sc(-c2ccncc2)nc1CCOc1ccc(NC(P(=O)(O)O)P(=O)(O)O)nc1. The third-order valence-electron chi connectivity index (χ3n) is 4.08. The van der Waals surface area contributed by atoms with Gasteiger partial charge in [0.15, 0.2) is 0 Å². The molecule has 0 aromatic carbocycles. The lowest BCUT2D eigenvalue weighted by molar-refractivity contribution is 0.319. The molecule has 0 saturated carbocycles. The summed E-state index contributed by atoms with van der Waals surface area (Å²) in [7, 11) is -10.2. The summed E-state index contributed by atoms with van der Waals surface area (Å²) in [6.45, 7) is 2.31. The molecule has 14 heteroatoms. The maximum Gasteiger partial charge on any atom is 0.360 e. The van der Waals surface area contributed by atoms with Crippen molar-refractivity contribution in [2.45, 2.75) is 18.9 Å². The number of rotatable bonds is 9. The molecule has 0 radical (unpaired) electrons. The third kappa shape index (κ3) is 6.41. The summed E-state index contributed by atoms with van der Waals surface area (Å²) >= 11 is 1.58. The Morgan fingerprint density at radius 3 is 2.35 bits per heavy atom. The minimum absolute atomic E-state index is 0.110. The highest BCUT2D eigenvalue weighted by Gasteiger charge is 2.43. The van der Waals surface area contributed by atoms with Gasteiger partial charge in [0.05, 0.1) is 18.5 Å². The number of hydrogen-bond acceptors (Lipinski definition) is 8. The van der Waals surface area contributed by atoms with Gasteiger partial charge in [0, 0.05) is 29.3 Å². The van der Waals surface area contributed by atoms with Crippen LogP contribution >= 0.6 is 26.5 Å². The summed E-state index contributed by atoms with van der Waals surface area (Å²) in [5.74, 6) is 0.276. The highest BCUT2D eigenvalue weighted by molar-refractivity contribution is 7.71. The van der Waals surface area contributed by atoms with Crippen molar-refractivity contribution in [2.24, 2.45) is 0 Å². The van der Waals surface area contributed by atoms with Gasteiger partial charge in [-0.25, -0.2) is 9.97 Å². The van der Waals surface area contributed by atoms with E-state index in [1.165, 1.54) is 18.3 Å². The largest absolute Gasteiger partial charge is 0.492 e. The number of pyridine rings is 2. The second-order valence-corrected chi connectivity index (χ2v) is 11.4. The molecule has 0 fully saturated rings. The van der Waals surface area contributed by atoms with Crippen molar-refractivity contribution in [1.82, 2.24) is 15.0 Å². The van der Waals surface area contributed by atoms with Crippen molar-refractivity contribution < 1.29 is 33.4 Å². The van der Waals surface area contributed by atoms with Crippen LogP contribution in [0, 0.1) is 6.92 Å². The molecular weight excluding hydrogens is 466 g/mol. The van der Waals surface area contributed by atoms with Crippen molar-refractivity contribution in [1.29, 1.82) is 0 Å². The van der Waals surface area contributed by atoms with E-state index in [4.69, 9.17) is 24.3 Å². The lowest BCUT2D eigenvalue weighted by Crippen LogP contribution is -2.20. The minimum atomic E-state index is -5.11. The van der Waals surface area contributed by atoms with Crippen LogP contribution < -0.4 is 10.1 Å². The topological polar surface area (TPSA) is 175 Å². The van der Waals surface area contributed by atoms with Gasteiger partial charge in [0.25, 0.3) is 0 Å². The zero-order chi connectivity index (χ0) is 22.6. The van der Waals surface area contributed by atoms with Gasteiger partial charge in [-0.3, -0.25) is 14.1 Å². The van der Waals surface area contributed by atoms with Crippen molar-refractivity contribution >= 4 is 32.3 Å². The molecule has 0 aliphatic carbocycles. The summed E-state index contributed by atoms with van der Waals surface area (Å²) < 4.78 is 28.3. The van der Waals surface area contributed by atoms with E-state index in [9.17, 15) is 9.13 Å². The van der Waals surface area contributed by atoms with Crippen LogP contribution in [0.15, 0.2) is 42.9 Å². The van der Waals surface area contributed by atoms with E-state index in [-0.39, 0.29) is 5.82 Å². The second kappa shape index (κ2) is 9.54. The first-order valence-electron chi connectivity index (χ1n) is 8.86. The van der Waals surface area contributed by atoms with Gasteiger partial charge >= 0.3 is 15.2 Å². The zero-order valence-corrected chi connectivity index (χ0v) is 18.8. The first-order chi connectivity index (χ1) is 14.5. The predicted molar refractivity (Wildman–Crippen MR) is 115 cm³/mol. The molecule has 3 aromatic heterocycles. The number of ether oxygens (including phenoxy) is 1. The summed E-state index contributed by atoms with van der Waals surface area (Å²) in [6.07, 6.45) is 5.27. The molecule has 5 N–H and O–H groups in total. The Kier molecular flexibility index (Phi) is 7.23. The molecule has 3 rings (SSSR count). The van der Waals surface area contributed by atoms with E-state index in [0.29, 0.717) is 18.8 Å². The summed E-state index contributed by atoms with van der Waals surface area (Å²) in [5, 5.41) is 2.99. The first kappa shape index (κ1) is 23.5. The Morgan fingerprint density at radius 2 is 1.77 bits per heavy atom. The molecule has 0 saturated heterocycles. The van der Waals surface area contributed by atoms with Crippen LogP contribution in [-0.2, 0) is 15.6 Å². The molecule has 31 heavy (non-hydrogen) atoms. The molecule has 0 aliphatic heterocycles. The van der Waals surface area contributed by atoms with E-state index >= 15 is 0 Å². The monoisotopic (exact) mass is 486 g/mol. The Labute approximate surface area is 181 Å². The van der Waals surface area contributed by atoms with Gasteiger partial charge in [-0.15, -0.1) is 11.3 Å². The van der Waals surface area contributed by atoms with Crippen LogP contribution in [0.1, 0.15) is 10.6 Å². The first-order valence-corrected chi connectivity index (χ1v) is 13.0. The zero-order valence-electron chi connectivity index (χ0n) is 16.2. The number of anilines is 1. The van der Waals surface area contributed by atoms with Crippen molar-refractivity contribution in [2.75, 3.05) is 11.9 Å². The molecule has 0 amide bonds. The van der Waals surface area contributed by atoms with E-state index in [2.05, 4.69) is 20.3 Å². The fourth-order valence-electron chi connectivity index (χ4n) is 2.59. The molecule has 0 bridgehead atoms. The quantitative estimate of drug-likeness (QED) is 0.281. The highest BCUT2D eigenvalue weighted by atomic mass is 32.1. The predicted octanol–water partition coefficient (Wildman–Crippen LogP) is 2.58. The molecule has 0 unspecified atom stereocenters. The standard InChI is InChI=1S/C17H20N4O7P2S/c1-11-14(20-16(31-11)12-4-7-18-8-5-12)6-9-28-13-2-3-15(19-10-13)21-17(29(22,23)24)30(25,26)27/h2-5,7-8,10,17H,6,9H2,1H3,(H,19,21)(H2,22,23,24)(H2,25,26,27). The maximum absolute atomic E-state index is 11.3. The summed E-state index contributed by atoms with van der Waals surface area (Å²) in [6, 6.07) is 6.57. The molecule has 0 spiro atoms. The lowest BCUT2D eigenvalue weighted by atomic mass is 10.2. The smallest absolute Gasteiger partial charge is 0.360 e. The van der Waals surface area contributed by atoms with Crippen LogP contribution in [0.4, 0.5) is 5.82 Å². The number of aromatic nitrogens is 3. The van der Waals surface area contributed by atoms with Gasteiger partial charge in [-0.2, -0.15) is 0 Å². The molecular formula is C17H20N4O7P2S. The normalized spacial score (nSPS) is 12.2. The second-order valence-electron chi connectivity index (χ2n) is 6.43. The lowest BCUT2D eigenvalue weighted by Gasteiger charge is -2.21. The molecule has 0 atom stereocenters. The van der Waals surface area contributed by atoms with Gasteiger partial charge in [-0.1, -0.05) is 0 Å². The average Bonchev–Trinajstić information content (AvgIpc) is 3.07. The van der Waals surface area contributed by atoms with Crippen LogP contribution in [0.2, 0.25) is 0 Å². The minimum Gasteiger partial charge on any atom is -0.492 e. The van der Waals surface area contributed by atoms with Crippen LogP contribution in [0.5, 0.6) is 5.75 Å². The molecule has 3 aromatic rings. The fourth-order valence-corrected chi connectivity index (χ4v) is 5.72. The highest BCUT2D eigenvalue weighted by Crippen LogP contribution is 2.59. The Hall–Kier alpha value is -2.17. The van der Waals surface area contributed by atoms with Crippen molar-refractivity contribution in [3.8, 4) is 16.3 Å². The van der Waals surface area contributed by atoms with E-state index < -0.39 is 20.7 Å². The summed E-state index contributed by atoms with van der Waals surface area (Å²) in [5.41, 5.74) is -0.470. The molecule has 3 heterocycles. The molecule has 11 nitrogen and oxygen atoms in total. The van der Waals surface area contributed by atoms with Crippen LogP contribution in [0.25, 0.3) is 10.6 Å². The number of nitrogens with zero attached hydrogens (tertiary/aromatic N) is 3. The third-order valence-corrected chi connectivity index (χ3v) is 8.48. The van der Waals surface area contributed by atoms with E-state index in [0.717, 1.165) is 21.1 Å². The Bertz CT molecular complexity index is 1090. The van der Waals surface area contributed by atoms with Crippen LogP contribution in [-0.4, -0.2) is 46.7 Å². The fraction of sp³-hybridized carbons (Fsp3) is 0.235. The molecule has 166 valence electrons. The van der Waals surface area contributed by atoms with E-state index in [1.807, 2.05) is 19.1 Å². The van der Waals surface area contributed by atoms with Gasteiger partial charge in [0.2, 0.25) is 5.52 Å². The maximum atomic E-state index is 11.3. The number of nitrogens with one attached hydrogen (secondary N) is 1. The summed E-state index contributed by atoms with van der Waals surface area (Å²) in [4.78, 5) is 50.2. The number of hydrogen-bond donors (Lipinski definition) is 5. The van der Waals surface area contributed by atoms with Gasteiger partial charge in [-0.05, 0) is 31.2 Å². The van der Waals surface area contributed by atoms with Crippen molar-refractivity contribution in [3.05, 3.63) is 53.4 Å². The number of aryl methyl sites for hydroxylation is 1. The van der Waals surface area contributed by atoms with Gasteiger partial charge in [0.1, 0.15) is 16.6 Å². The average molecular weight is 486 g/mol.